The molecule has 1 fully saturated rings. The van der Waals surface area contributed by atoms with Gasteiger partial charge in [0.1, 0.15) is 5.76 Å². The SMILES string of the molecule is O=C1CCC(c2ccccc2)CCNC(=O)CN(C(=O)c2ccc(Cn3ccnc3)o2)CCCN1. The van der Waals surface area contributed by atoms with Gasteiger partial charge in [-0.3, -0.25) is 14.4 Å². The van der Waals surface area contributed by atoms with E-state index in [0.717, 1.165) is 12.0 Å². The zero-order valence-corrected chi connectivity index (χ0v) is 19.7. The van der Waals surface area contributed by atoms with E-state index in [2.05, 4.69) is 27.8 Å². The summed E-state index contributed by atoms with van der Waals surface area (Å²) < 4.78 is 7.60. The molecule has 0 radical (unpaired) electrons. The van der Waals surface area contributed by atoms with Gasteiger partial charge < -0.3 is 24.5 Å². The second-order valence-corrected chi connectivity index (χ2v) is 8.72. The van der Waals surface area contributed by atoms with E-state index in [1.165, 1.54) is 4.90 Å². The smallest absolute Gasteiger partial charge is 0.290 e. The summed E-state index contributed by atoms with van der Waals surface area (Å²) in [5.41, 5.74) is 1.16. The van der Waals surface area contributed by atoms with Crippen LogP contribution in [0.15, 0.2) is 65.6 Å². The number of carbonyl (C=O) groups is 3. The number of hydrogen-bond acceptors (Lipinski definition) is 5. The predicted octanol–water partition coefficient (Wildman–Crippen LogP) is 2.56. The van der Waals surface area contributed by atoms with Crippen LogP contribution in [0.25, 0.3) is 0 Å². The van der Waals surface area contributed by atoms with Crippen LogP contribution in [0.3, 0.4) is 0 Å². The van der Waals surface area contributed by atoms with Gasteiger partial charge in [0, 0.05) is 38.4 Å². The molecule has 0 saturated carbocycles. The second-order valence-electron chi connectivity index (χ2n) is 8.72. The molecule has 9 heteroatoms. The highest BCUT2D eigenvalue weighted by atomic mass is 16.4. The van der Waals surface area contributed by atoms with Crippen LogP contribution in [0, 0.1) is 0 Å². The molecular weight excluding hydrogens is 446 g/mol. The Kier molecular flexibility index (Phi) is 8.32. The minimum atomic E-state index is -0.349. The lowest BCUT2D eigenvalue weighted by atomic mass is 9.91. The van der Waals surface area contributed by atoms with Crippen molar-refractivity contribution < 1.29 is 18.8 Å². The third kappa shape index (κ3) is 7.05. The highest BCUT2D eigenvalue weighted by Gasteiger charge is 2.23. The molecule has 4 rings (SSSR count). The van der Waals surface area contributed by atoms with Crippen LogP contribution in [0.4, 0.5) is 0 Å². The number of furan rings is 1. The first-order valence-electron chi connectivity index (χ1n) is 12.0. The van der Waals surface area contributed by atoms with Gasteiger partial charge >= 0.3 is 0 Å². The summed E-state index contributed by atoms with van der Waals surface area (Å²) in [7, 11) is 0. The van der Waals surface area contributed by atoms with Gasteiger partial charge in [-0.05, 0) is 42.9 Å². The van der Waals surface area contributed by atoms with E-state index in [9.17, 15) is 14.4 Å². The molecule has 2 N–H and O–H groups in total. The van der Waals surface area contributed by atoms with Gasteiger partial charge in [0.2, 0.25) is 11.8 Å². The Labute approximate surface area is 204 Å². The summed E-state index contributed by atoms with van der Waals surface area (Å²) in [6.07, 6.45) is 7.55. The van der Waals surface area contributed by atoms with Crippen LogP contribution in [0.1, 0.15) is 53.5 Å². The molecule has 2 aromatic heterocycles. The van der Waals surface area contributed by atoms with E-state index < -0.39 is 0 Å². The van der Waals surface area contributed by atoms with Crippen LogP contribution in [0.5, 0.6) is 0 Å². The van der Waals surface area contributed by atoms with Gasteiger partial charge in [-0.1, -0.05) is 30.3 Å². The summed E-state index contributed by atoms with van der Waals surface area (Å²) in [5, 5.41) is 5.88. The molecule has 35 heavy (non-hydrogen) atoms. The van der Waals surface area contributed by atoms with E-state index in [0.29, 0.717) is 51.2 Å². The molecule has 1 atom stereocenters. The highest BCUT2D eigenvalue weighted by molar-refractivity contribution is 5.94. The van der Waals surface area contributed by atoms with Crippen molar-refractivity contribution in [3.8, 4) is 0 Å². The molecule has 0 bridgehead atoms. The Morgan fingerprint density at radius 2 is 1.86 bits per heavy atom. The lowest BCUT2D eigenvalue weighted by molar-refractivity contribution is -0.123. The van der Waals surface area contributed by atoms with Crippen LogP contribution in [-0.4, -0.2) is 58.4 Å². The average Bonchev–Trinajstić information content (AvgIpc) is 3.55. The summed E-state index contributed by atoms with van der Waals surface area (Å²) in [6.45, 7) is 1.63. The lowest BCUT2D eigenvalue weighted by Gasteiger charge is -2.23. The van der Waals surface area contributed by atoms with Crippen molar-refractivity contribution in [1.82, 2.24) is 25.1 Å². The summed E-state index contributed by atoms with van der Waals surface area (Å²) >= 11 is 0. The standard InChI is InChI=1S/C26H31N5O4/c32-24-10-7-21(20-5-2-1-3-6-20)11-13-29-25(33)18-31(15-4-12-28-24)26(34)23-9-8-22(35-23)17-30-16-14-27-19-30/h1-3,5-6,8-9,14,16,19,21H,4,7,10-13,15,17-18H2,(H,28,32)(H,29,33). The average molecular weight is 478 g/mol. The maximum atomic E-state index is 13.1. The number of rotatable bonds is 4. The maximum Gasteiger partial charge on any atom is 0.290 e. The molecule has 1 aliphatic heterocycles. The van der Waals surface area contributed by atoms with Gasteiger partial charge in [0.05, 0.1) is 19.4 Å². The molecule has 184 valence electrons. The molecule has 0 spiro atoms. The van der Waals surface area contributed by atoms with E-state index in [-0.39, 0.29) is 35.9 Å². The van der Waals surface area contributed by atoms with Crippen molar-refractivity contribution in [2.24, 2.45) is 0 Å². The van der Waals surface area contributed by atoms with Crippen molar-refractivity contribution in [2.75, 3.05) is 26.2 Å². The van der Waals surface area contributed by atoms with E-state index >= 15 is 0 Å². The normalized spacial score (nSPS) is 18.4. The third-order valence-electron chi connectivity index (χ3n) is 6.12. The van der Waals surface area contributed by atoms with Crippen molar-refractivity contribution in [1.29, 1.82) is 0 Å². The zero-order valence-electron chi connectivity index (χ0n) is 19.7. The second kappa shape index (κ2) is 12.0. The molecule has 3 amide bonds. The highest BCUT2D eigenvalue weighted by Crippen LogP contribution is 2.24. The molecule has 3 aromatic rings. The monoisotopic (exact) mass is 477 g/mol. The van der Waals surface area contributed by atoms with Gasteiger partial charge in [-0.25, -0.2) is 4.98 Å². The predicted molar refractivity (Wildman–Crippen MR) is 130 cm³/mol. The number of nitrogens with zero attached hydrogens (tertiary/aromatic N) is 3. The maximum absolute atomic E-state index is 13.1. The largest absolute Gasteiger partial charge is 0.454 e. The Bertz CT molecular complexity index is 1110. The first-order valence-corrected chi connectivity index (χ1v) is 12.0. The minimum absolute atomic E-state index is 0.0000748. The fraction of sp³-hybridized carbons (Fsp3) is 0.385. The fourth-order valence-corrected chi connectivity index (χ4v) is 4.26. The van der Waals surface area contributed by atoms with Crippen molar-refractivity contribution in [3.05, 3.63) is 78.3 Å². The summed E-state index contributed by atoms with van der Waals surface area (Å²) in [4.78, 5) is 43.7. The molecule has 1 unspecified atom stereocenters. The molecule has 9 nitrogen and oxygen atoms in total. The number of imidazole rings is 1. The summed E-state index contributed by atoms with van der Waals surface area (Å²) in [6, 6.07) is 13.4. The zero-order chi connectivity index (χ0) is 24.5. The van der Waals surface area contributed by atoms with E-state index in [1.54, 1.807) is 24.7 Å². The van der Waals surface area contributed by atoms with Gasteiger partial charge in [-0.15, -0.1) is 0 Å². The quantitative estimate of drug-likeness (QED) is 0.600. The van der Waals surface area contributed by atoms with Crippen molar-refractivity contribution in [3.63, 3.8) is 0 Å². The molecule has 0 aliphatic carbocycles. The number of hydrogen-bond donors (Lipinski definition) is 2. The number of carbonyl (C=O) groups excluding carboxylic acids is 3. The first-order chi connectivity index (χ1) is 17.1. The lowest BCUT2D eigenvalue weighted by Crippen LogP contribution is -2.42. The van der Waals surface area contributed by atoms with E-state index in [1.807, 2.05) is 29.0 Å². The Hall–Kier alpha value is -3.88. The molecule has 3 heterocycles. The Balaban J connectivity index is 1.41. The van der Waals surface area contributed by atoms with Gasteiger partial charge in [-0.2, -0.15) is 0 Å². The van der Waals surface area contributed by atoms with Crippen molar-refractivity contribution >= 4 is 17.7 Å². The van der Waals surface area contributed by atoms with Crippen LogP contribution in [0.2, 0.25) is 0 Å². The van der Waals surface area contributed by atoms with Crippen LogP contribution >= 0.6 is 0 Å². The van der Waals surface area contributed by atoms with Crippen molar-refractivity contribution in [2.45, 2.75) is 38.1 Å². The molecule has 1 aliphatic rings. The Morgan fingerprint density at radius 3 is 2.66 bits per heavy atom. The van der Waals surface area contributed by atoms with Crippen LogP contribution < -0.4 is 10.6 Å². The topological polar surface area (TPSA) is 109 Å². The molecular formula is C26H31N5O4. The van der Waals surface area contributed by atoms with Crippen LogP contribution in [-0.2, 0) is 16.1 Å². The fourth-order valence-electron chi connectivity index (χ4n) is 4.26. The number of nitrogens with one attached hydrogen (secondary N) is 2. The molecule has 1 saturated heterocycles. The minimum Gasteiger partial charge on any atom is -0.454 e. The number of benzene rings is 1. The molecule has 1 aromatic carbocycles. The Morgan fingerprint density at radius 1 is 1.03 bits per heavy atom. The first kappa shape index (κ1) is 24.3. The van der Waals surface area contributed by atoms with Gasteiger partial charge in [0.15, 0.2) is 5.76 Å². The third-order valence-corrected chi connectivity index (χ3v) is 6.12. The van der Waals surface area contributed by atoms with Gasteiger partial charge in [0.25, 0.3) is 5.91 Å². The number of aromatic nitrogens is 2. The number of amides is 3. The van der Waals surface area contributed by atoms with E-state index in [4.69, 9.17) is 4.42 Å². The summed E-state index contributed by atoms with van der Waals surface area (Å²) in [5.74, 6) is 0.411.